The number of nitrogens with two attached hydrogens (primary N) is 1. The van der Waals surface area contributed by atoms with E-state index < -0.39 is 34.9 Å². The van der Waals surface area contributed by atoms with E-state index in [9.17, 15) is 18.4 Å². The molecule has 0 unspecified atom stereocenters. The van der Waals surface area contributed by atoms with Gasteiger partial charge in [-0.1, -0.05) is 0 Å². The molecule has 1 aromatic rings. The highest BCUT2D eigenvalue weighted by atomic mass is 19.1. The summed E-state index contributed by atoms with van der Waals surface area (Å²) in [6, 6.07) is 1.25. The van der Waals surface area contributed by atoms with Crippen molar-refractivity contribution in [3.8, 4) is 5.75 Å². The van der Waals surface area contributed by atoms with Crippen molar-refractivity contribution in [3.05, 3.63) is 23.8 Å². The van der Waals surface area contributed by atoms with Gasteiger partial charge in [-0.15, -0.1) is 0 Å². The van der Waals surface area contributed by atoms with E-state index in [4.69, 9.17) is 5.73 Å². The molecule has 0 bridgehead atoms. The minimum atomic E-state index is -0.923. The molecular weight excluding hydrogens is 296 g/mol. The molecule has 120 valence electrons. The molecule has 1 aliphatic carbocycles. The zero-order valence-corrected chi connectivity index (χ0v) is 12.0. The average Bonchev–Trinajstić information content (AvgIpc) is 2.35. The summed E-state index contributed by atoms with van der Waals surface area (Å²) < 4.78 is 31.7. The SMILES string of the molecule is COc1c(F)cc(NC(=O)NC2(CC(N)=O)CCC2)cc1F. The maximum atomic E-state index is 13.6. The maximum absolute atomic E-state index is 13.6. The van der Waals surface area contributed by atoms with E-state index in [0.717, 1.165) is 25.7 Å². The van der Waals surface area contributed by atoms with Crippen molar-refractivity contribution in [2.45, 2.75) is 31.2 Å². The molecule has 22 heavy (non-hydrogen) atoms. The van der Waals surface area contributed by atoms with E-state index in [1.54, 1.807) is 0 Å². The molecule has 0 aromatic heterocycles. The van der Waals surface area contributed by atoms with Gasteiger partial charge in [0.05, 0.1) is 12.6 Å². The van der Waals surface area contributed by atoms with Crippen molar-refractivity contribution in [2.75, 3.05) is 12.4 Å². The number of anilines is 1. The Morgan fingerprint density at radius 2 is 1.91 bits per heavy atom. The second kappa shape index (κ2) is 6.17. The van der Waals surface area contributed by atoms with Crippen LogP contribution in [0.2, 0.25) is 0 Å². The minimum absolute atomic E-state index is 0.0335. The lowest BCUT2D eigenvalue weighted by Gasteiger charge is -2.41. The van der Waals surface area contributed by atoms with Crippen LogP contribution in [0.1, 0.15) is 25.7 Å². The number of benzene rings is 1. The van der Waals surface area contributed by atoms with Gasteiger partial charge in [0.2, 0.25) is 5.91 Å². The minimum Gasteiger partial charge on any atom is -0.491 e. The summed E-state index contributed by atoms with van der Waals surface area (Å²) >= 11 is 0. The normalized spacial score (nSPS) is 15.6. The first-order valence-corrected chi connectivity index (χ1v) is 6.76. The Bertz CT molecular complexity index is 580. The van der Waals surface area contributed by atoms with Crippen molar-refractivity contribution in [2.24, 2.45) is 5.73 Å². The Labute approximate surface area is 126 Å². The quantitative estimate of drug-likeness (QED) is 0.775. The van der Waals surface area contributed by atoms with Crippen LogP contribution in [0.3, 0.4) is 0 Å². The van der Waals surface area contributed by atoms with Gasteiger partial charge in [0, 0.05) is 24.2 Å². The van der Waals surface area contributed by atoms with Crippen LogP contribution in [0.25, 0.3) is 0 Å². The van der Waals surface area contributed by atoms with Crippen LogP contribution in [0.5, 0.6) is 5.75 Å². The number of hydrogen-bond donors (Lipinski definition) is 3. The molecule has 0 aliphatic heterocycles. The number of carbonyl (C=O) groups excluding carboxylic acids is 2. The Morgan fingerprint density at radius 3 is 2.32 bits per heavy atom. The molecule has 1 fully saturated rings. The first-order chi connectivity index (χ1) is 10.3. The topological polar surface area (TPSA) is 93.4 Å². The standard InChI is InChI=1S/C14H17F2N3O3/c1-22-12-9(15)5-8(6-10(12)16)18-13(21)19-14(3-2-4-14)7-11(17)20/h5-6H,2-4,7H2,1H3,(H2,17,20)(H2,18,19,21). The van der Waals surface area contributed by atoms with Gasteiger partial charge in [0.15, 0.2) is 17.4 Å². The third-order valence-electron chi connectivity index (χ3n) is 3.66. The third kappa shape index (κ3) is 3.44. The molecular formula is C14H17F2N3O3. The molecule has 1 saturated carbocycles. The Kier molecular flexibility index (Phi) is 4.48. The van der Waals surface area contributed by atoms with Crippen molar-refractivity contribution >= 4 is 17.6 Å². The van der Waals surface area contributed by atoms with Gasteiger partial charge in [-0.3, -0.25) is 4.79 Å². The first kappa shape index (κ1) is 16.0. The summed E-state index contributed by atoms with van der Waals surface area (Å²) in [5, 5.41) is 4.98. The number of nitrogens with one attached hydrogen (secondary N) is 2. The van der Waals surface area contributed by atoms with Crippen LogP contribution in [0, 0.1) is 11.6 Å². The highest BCUT2D eigenvalue weighted by molar-refractivity contribution is 5.90. The van der Waals surface area contributed by atoms with Crippen molar-refractivity contribution in [3.63, 3.8) is 0 Å². The van der Waals surface area contributed by atoms with Crippen molar-refractivity contribution in [1.29, 1.82) is 0 Å². The number of rotatable bonds is 5. The van der Waals surface area contributed by atoms with Gasteiger partial charge >= 0.3 is 6.03 Å². The van der Waals surface area contributed by atoms with Crippen molar-refractivity contribution < 1.29 is 23.1 Å². The highest BCUT2D eigenvalue weighted by Crippen LogP contribution is 2.35. The first-order valence-electron chi connectivity index (χ1n) is 6.76. The fraction of sp³-hybridized carbons (Fsp3) is 0.429. The predicted molar refractivity (Wildman–Crippen MR) is 75.5 cm³/mol. The fourth-order valence-corrected chi connectivity index (χ4v) is 2.51. The van der Waals surface area contributed by atoms with E-state index in [1.807, 2.05) is 0 Å². The van der Waals surface area contributed by atoms with E-state index in [2.05, 4.69) is 15.4 Å². The number of halogens is 2. The van der Waals surface area contributed by atoms with Crippen LogP contribution in [-0.4, -0.2) is 24.6 Å². The summed E-state index contributed by atoms with van der Waals surface area (Å²) in [6.45, 7) is 0. The van der Waals surface area contributed by atoms with E-state index in [1.165, 1.54) is 0 Å². The van der Waals surface area contributed by atoms with E-state index in [-0.39, 0.29) is 12.1 Å². The number of urea groups is 1. The molecule has 0 atom stereocenters. The lowest BCUT2D eigenvalue weighted by molar-refractivity contribution is -0.120. The molecule has 8 heteroatoms. The summed E-state index contributed by atoms with van der Waals surface area (Å²) in [4.78, 5) is 23.0. The van der Waals surface area contributed by atoms with E-state index >= 15 is 0 Å². The number of hydrogen-bond acceptors (Lipinski definition) is 3. The van der Waals surface area contributed by atoms with Crippen LogP contribution < -0.4 is 21.1 Å². The number of primary amides is 1. The van der Waals surface area contributed by atoms with Gasteiger partial charge in [-0.05, 0) is 19.3 Å². The highest BCUT2D eigenvalue weighted by Gasteiger charge is 2.39. The summed E-state index contributed by atoms with van der Waals surface area (Å²) in [5.41, 5.74) is 4.44. The van der Waals surface area contributed by atoms with Crippen LogP contribution in [-0.2, 0) is 4.79 Å². The second-order valence-corrected chi connectivity index (χ2v) is 5.33. The molecule has 0 heterocycles. The van der Waals surface area contributed by atoms with Crippen LogP contribution >= 0.6 is 0 Å². The van der Waals surface area contributed by atoms with Gasteiger partial charge in [0.25, 0.3) is 0 Å². The molecule has 3 amide bonds. The monoisotopic (exact) mass is 313 g/mol. The molecule has 0 spiro atoms. The molecule has 1 aromatic carbocycles. The number of carbonyl (C=O) groups is 2. The zero-order chi connectivity index (χ0) is 16.3. The zero-order valence-electron chi connectivity index (χ0n) is 12.0. The Balaban J connectivity index is 2.04. The Hall–Kier alpha value is -2.38. The lowest BCUT2D eigenvalue weighted by Crippen LogP contribution is -2.56. The van der Waals surface area contributed by atoms with E-state index in [0.29, 0.717) is 12.8 Å². The molecule has 1 aliphatic rings. The van der Waals surface area contributed by atoms with Gasteiger partial charge in [-0.2, -0.15) is 0 Å². The number of methoxy groups -OCH3 is 1. The van der Waals surface area contributed by atoms with Crippen LogP contribution in [0.15, 0.2) is 12.1 Å². The summed E-state index contributed by atoms with van der Waals surface area (Å²) in [7, 11) is 1.14. The lowest BCUT2D eigenvalue weighted by atomic mass is 9.74. The maximum Gasteiger partial charge on any atom is 0.319 e. The summed E-state index contributed by atoms with van der Waals surface area (Å²) in [6.07, 6.45) is 2.18. The summed E-state index contributed by atoms with van der Waals surface area (Å²) in [5.74, 6) is -2.88. The molecule has 6 nitrogen and oxygen atoms in total. The van der Waals surface area contributed by atoms with Gasteiger partial charge in [-0.25, -0.2) is 13.6 Å². The van der Waals surface area contributed by atoms with Gasteiger partial charge in [0.1, 0.15) is 0 Å². The third-order valence-corrected chi connectivity index (χ3v) is 3.66. The average molecular weight is 313 g/mol. The Morgan fingerprint density at radius 1 is 1.32 bits per heavy atom. The molecule has 2 rings (SSSR count). The van der Waals surface area contributed by atoms with Gasteiger partial charge < -0.3 is 21.1 Å². The smallest absolute Gasteiger partial charge is 0.319 e. The van der Waals surface area contributed by atoms with Crippen molar-refractivity contribution in [1.82, 2.24) is 5.32 Å². The number of amides is 3. The largest absolute Gasteiger partial charge is 0.491 e. The number of ether oxygens (including phenoxy) is 1. The molecule has 4 N–H and O–H groups in total. The molecule has 0 radical (unpaired) electrons. The second-order valence-electron chi connectivity index (χ2n) is 5.33. The molecule has 0 saturated heterocycles. The predicted octanol–water partition coefficient (Wildman–Crippen LogP) is 1.89. The fourth-order valence-electron chi connectivity index (χ4n) is 2.51. The van der Waals surface area contributed by atoms with Crippen LogP contribution in [0.4, 0.5) is 19.3 Å².